The lowest BCUT2D eigenvalue weighted by Gasteiger charge is -2.28. The molecule has 0 atom stereocenters. The number of hydrogen-bond acceptors (Lipinski definition) is 3. The Hall–Kier alpha value is -0.770. The van der Waals surface area contributed by atoms with Gasteiger partial charge < -0.3 is 15.2 Å². The highest BCUT2D eigenvalue weighted by Gasteiger charge is 2.25. The van der Waals surface area contributed by atoms with E-state index in [4.69, 9.17) is 9.84 Å². The van der Waals surface area contributed by atoms with Gasteiger partial charge >= 0.3 is 6.09 Å². The zero-order valence-electron chi connectivity index (χ0n) is 8.17. The van der Waals surface area contributed by atoms with Gasteiger partial charge in [-0.2, -0.15) is 0 Å². The van der Waals surface area contributed by atoms with E-state index in [1.807, 2.05) is 0 Å². The van der Waals surface area contributed by atoms with Crippen LogP contribution in [-0.2, 0) is 4.74 Å². The molecule has 4 nitrogen and oxygen atoms in total. The molecule has 1 saturated carbocycles. The maximum absolute atomic E-state index is 11.2. The molecular formula is C9H17NO3. The van der Waals surface area contributed by atoms with Crippen LogP contribution < -0.4 is 5.32 Å². The van der Waals surface area contributed by atoms with Crippen molar-refractivity contribution in [1.29, 1.82) is 0 Å². The highest BCUT2D eigenvalue weighted by molar-refractivity contribution is 5.68. The van der Waals surface area contributed by atoms with Crippen molar-refractivity contribution < 1.29 is 14.6 Å². The molecule has 0 aromatic heterocycles. The van der Waals surface area contributed by atoms with Crippen molar-refractivity contribution in [2.24, 2.45) is 0 Å². The standard InChI is InChI=1S/C9H17NO3/c1-9(2,6-11)10-8(12)13-7-4-3-5-7/h7,11H,3-6H2,1-2H3,(H,10,12). The fourth-order valence-electron chi connectivity index (χ4n) is 0.985. The fraction of sp³-hybridized carbons (Fsp3) is 0.889. The zero-order chi connectivity index (χ0) is 9.90. The topological polar surface area (TPSA) is 58.6 Å². The number of ether oxygens (including phenoxy) is 1. The Labute approximate surface area is 78.3 Å². The van der Waals surface area contributed by atoms with Gasteiger partial charge in [0, 0.05) is 0 Å². The van der Waals surface area contributed by atoms with Gasteiger partial charge in [0.25, 0.3) is 0 Å². The Kier molecular flexibility index (Phi) is 3.14. The van der Waals surface area contributed by atoms with Crippen LogP contribution >= 0.6 is 0 Å². The summed E-state index contributed by atoms with van der Waals surface area (Å²) in [6.07, 6.45) is 2.74. The van der Waals surface area contributed by atoms with Crippen molar-refractivity contribution in [3.05, 3.63) is 0 Å². The Morgan fingerprint density at radius 3 is 2.62 bits per heavy atom. The number of carbonyl (C=O) groups excluding carboxylic acids is 1. The van der Waals surface area contributed by atoms with Gasteiger partial charge in [-0.3, -0.25) is 0 Å². The average molecular weight is 187 g/mol. The highest BCUT2D eigenvalue weighted by atomic mass is 16.6. The second kappa shape index (κ2) is 3.96. The van der Waals surface area contributed by atoms with Gasteiger partial charge in [0.15, 0.2) is 0 Å². The van der Waals surface area contributed by atoms with E-state index in [0.29, 0.717) is 0 Å². The fourth-order valence-corrected chi connectivity index (χ4v) is 0.985. The lowest BCUT2D eigenvalue weighted by Crippen LogP contribution is -2.47. The predicted octanol–water partition coefficient (Wildman–Crippen LogP) is 1.04. The summed E-state index contributed by atoms with van der Waals surface area (Å²) in [5, 5.41) is 11.5. The minimum Gasteiger partial charge on any atom is -0.446 e. The van der Waals surface area contributed by atoms with E-state index >= 15 is 0 Å². The van der Waals surface area contributed by atoms with Crippen molar-refractivity contribution in [2.45, 2.75) is 44.8 Å². The van der Waals surface area contributed by atoms with Crippen LogP contribution in [-0.4, -0.2) is 29.4 Å². The Balaban J connectivity index is 2.23. The maximum atomic E-state index is 11.2. The highest BCUT2D eigenvalue weighted by Crippen LogP contribution is 2.22. The van der Waals surface area contributed by atoms with Gasteiger partial charge in [0.2, 0.25) is 0 Å². The summed E-state index contributed by atoms with van der Waals surface area (Å²) in [4.78, 5) is 11.2. The first-order valence-electron chi connectivity index (χ1n) is 4.63. The van der Waals surface area contributed by atoms with Crippen molar-refractivity contribution in [2.75, 3.05) is 6.61 Å². The molecular weight excluding hydrogens is 170 g/mol. The van der Waals surface area contributed by atoms with Crippen LogP contribution in [0.4, 0.5) is 4.79 Å². The van der Waals surface area contributed by atoms with Crippen LogP contribution in [0.2, 0.25) is 0 Å². The van der Waals surface area contributed by atoms with Gasteiger partial charge in [-0.25, -0.2) is 4.79 Å². The summed E-state index contributed by atoms with van der Waals surface area (Å²) >= 11 is 0. The molecule has 0 radical (unpaired) electrons. The summed E-state index contributed by atoms with van der Waals surface area (Å²) < 4.78 is 5.06. The largest absolute Gasteiger partial charge is 0.446 e. The summed E-state index contributed by atoms with van der Waals surface area (Å²) in [5.41, 5.74) is -0.596. The van der Waals surface area contributed by atoms with Gasteiger partial charge in [-0.1, -0.05) is 0 Å². The second-order valence-corrected chi connectivity index (χ2v) is 4.13. The first-order valence-corrected chi connectivity index (χ1v) is 4.63. The number of alkyl carbamates (subject to hydrolysis) is 1. The van der Waals surface area contributed by atoms with E-state index in [-0.39, 0.29) is 12.7 Å². The van der Waals surface area contributed by atoms with E-state index in [1.54, 1.807) is 13.8 Å². The summed E-state index contributed by atoms with van der Waals surface area (Å²) in [6, 6.07) is 0. The number of hydrogen-bond donors (Lipinski definition) is 2. The number of aliphatic hydroxyl groups is 1. The molecule has 1 aliphatic carbocycles. The van der Waals surface area contributed by atoms with Crippen LogP contribution in [0.5, 0.6) is 0 Å². The third-order valence-electron chi connectivity index (χ3n) is 2.16. The SMILES string of the molecule is CC(C)(CO)NC(=O)OC1CCC1. The normalized spacial score (nSPS) is 17.8. The zero-order valence-corrected chi connectivity index (χ0v) is 8.17. The number of amides is 1. The molecule has 13 heavy (non-hydrogen) atoms. The molecule has 1 aliphatic rings. The predicted molar refractivity (Wildman–Crippen MR) is 48.4 cm³/mol. The van der Waals surface area contributed by atoms with E-state index in [0.717, 1.165) is 19.3 Å². The van der Waals surface area contributed by atoms with E-state index < -0.39 is 11.6 Å². The molecule has 76 valence electrons. The van der Waals surface area contributed by atoms with Crippen molar-refractivity contribution in [3.8, 4) is 0 Å². The van der Waals surface area contributed by atoms with Crippen LogP contribution in [0.3, 0.4) is 0 Å². The maximum Gasteiger partial charge on any atom is 0.407 e. The second-order valence-electron chi connectivity index (χ2n) is 4.13. The van der Waals surface area contributed by atoms with Crippen LogP contribution in [0.1, 0.15) is 33.1 Å². The summed E-state index contributed by atoms with van der Waals surface area (Å²) in [6.45, 7) is 3.40. The number of carbonyl (C=O) groups is 1. The van der Waals surface area contributed by atoms with E-state index in [9.17, 15) is 4.79 Å². The number of nitrogens with one attached hydrogen (secondary N) is 1. The van der Waals surface area contributed by atoms with Crippen LogP contribution in [0, 0.1) is 0 Å². The molecule has 0 aromatic carbocycles. The van der Waals surface area contributed by atoms with Crippen molar-refractivity contribution in [3.63, 3.8) is 0 Å². The minimum atomic E-state index is -0.596. The minimum absolute atomic E-state index is 0.0905. The molecule has 0 aliphatic heterocycles. The number of aliphatic hydroxyl groups excluding tert-OH is 1. The first-order chi connectivity index (χ1) is 6.03. The molecule has 1 amide bonds. The van der Waals surface area contributed by atoms with Gasteiger partial charge in [0.05, 0.1) is 12.1 Å². The van der Waals surface area contributed by atoms with Crippen LogP contribution in [0.25, 0.3) is 0 Å². The first kappa shape index (κ1) is 10.3. The molecule has 0 aromatic rings. The molecule has 0 saturated heterocycles. The smallest absolute Gasteiger partial charge is 0.407 e. The van der Waals surface area contributed by atoms with Crippen molar-refractivity contribution >= 4 is 6.09 Å². The van der Waals surface area contributed by atoms with Gasteiger partial charge in [0.1, 0.15) is 6.10 Å². The average Bonchev–Trinajstić information content (AvgIpc) is 1.96. The van der Waals surface area contributed by atoms with Crippen LogP contribution in [0.15, 0.2) is 0 Å². The summed E-state index contributed by atoms with van der Waals surface area (Å²) in [7, 11) is 0. The Bertz CT molecular complexity index is 187. The monoisotopic (exact) mass is 187 g/mol. The molecule has 1 fully saturated rings. The molecule has 1 rings (SSSR count). The number of rotatable bonds is 3. The van der Waals surface area contributed by atoms with Gasteiger partial charge in [-0.05, 0) is 33.1 Å². The molecule has 0 spiro atoms. The van der Waals surface area contributed by atoms with Crippen molar-refractivity contribution in [1.82, 2.24) is 5.32 Å². The molecule has 4 heteroatoms. The van der Waals surface area contributed by atoms with Gasteiger partial charge in [-0.15, -0.1) is 0 Å². The molecule has 0 bridgehead atoms. The summed E-state index contributed by atoms with van der Waals surface area (Å²) in [5.74, 6) is 0. The third kappa shape index (κ3) is 3.22. The van der Waals surface area contributed by atoms with E-state index in [1.165, 1.54) is 0 Å². The molecule has 2 N–H and O–H groups in total. The molecule has 0 unspecified atom stereocenters. The quantitative estimate of drug-likeness (QED) is 0.694. The lowest BCUT2D eigenvalue weighted by atomic mass is 9.96. The lowest BCUT2D eigenvalue weighted by molar-refractivity contribution is 0.0437. The Morgan fingerprint density at radius 2 is 2.23 bits per heavy atom. The molecule has 0 heterocycles. The third-order valence-corrected chi connectivity index (χ3v) is 2.16. The van der Waals surface area contributed by atoms with E-state index in [2.05, 4.69) is 5.32 Å². The Morgan fingerprint density at radius 1 is 1.62 bits per heavy atom.